The Morgan fingerprint density at radius 3 is 2.56 bits per heavy atom. The largest absolute Gasteiger partial charge is 0.490 e. The molecule has 4 rings (SSSR count). The number of anilines is 1. The topological polar surface area (TPSA) is 105 Å². The summed E-state index contributed by atoms with van der Waals surface area (Å²) in [7, 11) is 1.76. The average Bonchev–Trinajstić information content (AvgIpc) is 3.44. The molecule has 1 aliphatic heterocycles. The SMILES string of the molecule is CC#CCn1c(N2CCNCC2)nc2nc(Sc3cccs3)n(C)c(=O)c21.O=C(O)C(F)(F)F. The summed E-state index contributed by atoms with van der Waals surface area (Å²) in [6, 6.07) is 4.01. The molecule has 9 nitrogen and oxygen atoms in total. The number of imidazole rings is 1. The van der Waals surface area contributed by atoms with E-state index in [2.05, 4.69) is 22.1 Å². The van der Waals surface area contributed by atoms with Gasteiger partial charge < -0.3 is 15.3 Å². The molecule has 2 N–H and O–H groups in total. The molecule has 14 heteroatoms. The fourth-order valence-electron chi connectivity index (χ4n) is 3.05. The van der Waals surface area contributed by atoms with E-state index in [0.717, 1.165) is 36.3 Å². The highest BCUT2D eigenvalue weighted by atomic mass is 32.2. The van der Waals surface area contributed by atoms with Crippen LogP contribution in [0, 0.1) is 11.8 Å². The van der Waals surface area contributed by atoms with Crippen molar-refractivity contribution in [2.24, 2.45) is 7.05 Å². The Kier molecular flexibility index (Phi) is 8.24. The molecule has 0 amide bonds. The molecule has 1 fully saturated rings. The van der Waals surface area contributed by atoms with Crippen LogP contribution in [0.4, 0.5) is 19.1 Å². The number of nitrogens with zero attached hydrogens (tertiary/aromatic N) is 5. The van der Waals surface area contributed by atoms with Crippen molar-refractivity contribution in [1.82, 2.24) is 24.4 Å². The van der Waals surface area contributed by atoms with Gasteiger partial charge in [-0.3, -0.25) is 13.9 Å². The van der Waals surface area contributed by atoms with Gasteiger partial charge in [0.1, 0.15) is 0 Å². The molecule has 0 saturated carbocycles. The molecule has 4 heterocycles. The molecule has 0 spiro atoms. The molecule has 0 radical (unpaired) electrons. The summed E-state index contributed by atoms with van der Waals surface area (Å²) in [6.45, 7) is 5.72. The molecule has 182 valence electrons. The lowest BCUT2D eigenvalue weighted by atomic mass is 10.4. The number of hydrogen-bond acceptors (Lipinski definition) is 8. The maximum absolute atomic E-state index is 13.1. The normalized spacial score (nSPS) is 13.7. The first-order valence-corrected chi connectivity index (χ1v) is 11.7. The third-order valence-corrected chi connectivity index (χ3v) is 6.75. The summed E-state index contributed by atoms with van der Waals surface area (Å²) >= 11 is 3.12. The minimum absolute atomic E-state index is 0.0918. The molecule has 3 aromatic rings. The third-order valence-electron chi connectivity index (χ3n) is 4.67. The van der Waals surface area contributed by atoms with Crippen LogP contribution in [0.2, 0.25) is 0 Å². The Labute approximate surface area is 200 Å². The van der Waals surface area contributed by atoms with Crippen molar-refractivity contribution < 1.29 is 23.1 Å². The quantitative estimate of drug-likeness (QED) is 0.404. The fourth-order valence-corrected chi connectivity index (χ4v) is 4.76. The smallest absolute Gasteiger partial charge is 0.475 e. The number of alkyl halides is 3. The lowest BCUT2D eigenvalue weighted by molar-refractivity contribution is -0.192. The summed E-state index contributed by atoms with van der Waals surface area (Å²) < 4.78 is 36.3. The minimum Gasteiger partial charge on any atom is -0.475 e. The maximum Gasteiger partial charge on any atom is 0.490 e. The van der Waals surface area contributed by atoms with Gasteiger partial charge in [-0.25, -0.2) is 9.78 Å². The first-order chi connectivity index (χ1) is 16.1. The number of carbonyl (C=O) groups is 1. The molecule has 0 unspecified atom stereocenters. The summed E-state index contributed by atoms with van der Waals surface area (Å²) in [4.78, 5) is 33.7. The molecule has 0 bridgehead atoms. The van der Waals surface area contributed by atoms with E-state index in [1.807, 2.05) is 22.1 Å². The predicted molar refractivity (Wildman–Crippen MR) is 123 cm³/mol. The lowest BCUT2D eigenvalue weighted by Crippen LogP contribution is -2.44. The van der Waals surface area contributed by atoms with E-state index < -0.39 is 12.1 Å². The van der Waals surface area contributed by atoms with Gasteiger partial charge in [0, 0.05) is 33.2 Å². The lowest BCUT2D eigenvalue weighted by Gasteiger charge is -2.28. The zero-order valence-corrected chi connectivity index (χ0v) is 19.9. The summed E-state index contributed by atoms with van der Waals surface area (Å²) in [5.74, 6) is 4.00. The van der Waals surface area contributed by atoms with Gasteiger partial charge in [-0.1, -0.05) is 12.0 Å². The summed E-state index contributed by atoms with van der Waals surface area (Å²) in [5, 5.41) is 13.1. The maximum atomic E-state index is 13.1. The van der Waals surface area contributed by atoms with Crippen LogP contribution in [-0.2, 0) is 18.4 Å². The Balaban J connectivity index is 0.000000406. The van der Waals surface area contributed by atoms with Crippen LogP contribution in [-0.4, -0.2) is 62.5 Å². The minimum atomic E-state index is -5.08. The Hall–Kier alpha value is -3.02. The molecule has 0 aliphatic carbocycles. The van der Waals surface area contributed by atoms with Gasteiger partial charge in [0.05, 0.1) is 10.8 Å². The number of hydrogen-bond donors (Lipinski definition) is 2. The van der Waals surface area contributed by atoms with Crippen molar-refractivity contribution in [3.05, 3.63) is 27.9 Å². The van der Waals surface area contributed by atoms with Crippen molar-refractivity contribution in [3.63, 3.8) is 0 Å². The first-order valence-electron chi connectivity index (χ1n) is 9.97. The van der Waals surface area contributed by atoms with Crippen molar-refractivity contribution in [2.45, 2.75) is 29.0 Å². The zero-order valence-electron chi connectivity index (χ0n) is 18.2. The number of halogens is 3. The monoisotopic (exact) mass is 514 g/mol. The molecule has 0 atom stereocenters. The van der Waals surface area contributed by atoms with Crippen molar-refractivity contribution >= 4 is 46.2 Å². The predicted octanol–water partition coefficient (Wildman–Crippen LogP) is 2.41. The van der Waals surface area contributed by atoms with E-state index in [4.69, 9.17) is 19.9 Å². The van der Waals surface area contributed by atoms with Crippen LogP contribution < -0.4 is 15.8 Å². The molecule has 1 aliphatic rings. The molecular weight excluding hydrogens is 493 g/mol. The number of aromatic nitrogens is 4. The van der Waals surface area contributed by atoms with Gasteiger partial charge in [0.25, 0.3) is 5.56 Å². The summed E-state index contributed by atoms with van der Waals surface area (Å²) in [5.41, 5.74) is 0.916. The first kappa shape index (κ1) is 25.6. The highest BCUT2D eigenvalue weighted by Gasteiger charge is 2.38. The van der Waals surface area contributed by atoms with E-state index >= 15 is 0 Å². The fraction of sp³-hybridized carbons (Fsp3) is 0.400. The second-order valence-electron chi connectivity index (χ2n) is 6.93. The summed E-state index contributed by atoms with van der Waals surface area (Å²) in [6.07, 6.45) is -5.08. The van der Waals surface area contributed by atoms with E-state index in [1.165, 1.54) is 11.8 Å². The van der Waals surface area contributed by atoms with Crippen LogP contribution in [0.5, 0.6) is 0 Å². The number of aliphatic carboxylic acids is 1. The van der Waals surface area contributed by atoms with Gasteiger partial charge in [0.2, 0.25) is 5.95 Å². The van der Waals surface area contributed by atoms with Gasteiger partial charge in [-0.2, -0.15) is 18.2 Å². The zero-order chi connectivity index (χ0) is 24.9. The Morgan fingerprint density at radius 2 is 2.00 bits per heavy atom. The average molecular weight is 515 g/mol. The van der Waals surface area contributed by atoms with Crippen LogP contribution in [0.25, 0.3) is 11.2 Å². The number of thiophene rings is 1. The van der Waals surface area contributed by atoms with Gasteiger partial charge in [-0.15, -0.1) is 17.3 Å². The molecule has 1 saturated heterocycles. The number of carboxylic acid groups (broad SMARTS) is 1. The number of nitrogens with one attached hydrogen (secondary N) is 1. The standard InChI is InChI=1S/C18H20N6OS2.C2HF3O2/c1-3-4-9-24-14-15(20-17(24)23-10-7-19-8-11-23)21-18(22(2)16(14)25)27-13-6-5-12-26-13;3-2(4,5)1(6)7/h5-6,12,19H,7-11H2,1-2H3;(H,6,7). The van der Waals surface area contributed by atoms with E-state index in [-0.39, 0.29) is 5.56 Å². The second kappa shape index (κ2) is 10.9. The highest BCUT2D eigenvalue weighted by molar-refractivity contribution is 8.01. The van der Waals surface area contributed by atoms with Crippen LogP contribution in [0.15, 0.2) is 31.7 Å². The van der Waals surface area contributed by atoms with Gasteiger partial charge >= 0.3 is 12.1 Å². The number of carboxylic acids is 1. The van der Waals surface area contributed by atoms with Crippen molar-refractivity contribution in [1.29, 1.82) is 0 Å². The third kappa shape index (κ3) is 5.91. The highest BCUT2D eigenvalue weighted by Crippen LogP contribution is 2.30. The second-order valence-corrected chi connectivity index (χ2v) is 9.14. The number of piperazine rings is 1. The van der Waals surface area contributed by atoms with Gasteiger partial charge in [-0.05, 0) is 30.1 Å². The van der Waals surface area contributed by atoms with E-state index in [9.17, 15) is 18.0 Å². The Morgan fingerprint density at radius 1 is 1.32 bits per heavy atom. The van der Waals surface area contributed by atoms with Crippen LogP contribution in [0.3, 0.4) is 0 Å². The van der Waals surface area contributed by atoms with E-state index in [1.54, 1.807) is 29.9 Å². The van der Waals surface area contributed by atoms with Crippen LogP contribution in [0.1, 0.15) is 6.92 Å². The van der Waals surface area contributed by atoms with E-state index in [0.29, 0.717) is 22.9 Å². The Bertz CT molecular complexity index is 1270. The molecule has 34 heavy (non-hydrogen) atoms. The molecular formula is C20H21F3N6O3S2. The number of rotatable bonds is 4. The molecule has 3 aromatic heterocycles. The van der Waals surface area contributed by atoms with Crippen LogP contribution >= 0.6 is 23.1 Å². The number of fused-ring (bicyclic) bond motifs is 1. The van der Waals surface area contributed by atoms with Gasteiger partial charge in [0.15, 0.2) is 16.3 Å². The van der Waals surface area contributed by atoms with Crippen molar-refractivity contribution in [2.75, 3.05) is 31.1 Å². The molecule has 0 aromatic carbocycles. The van der Waals surface area contributed by atoms with Crippen molar-refractivity contribution in [3.8, 4) is 11.8 Å².